The van der Waals surface area contributed by atoms with Crippen LogP contribution in [0.2, 0.25) is 0 Å². The van der Waals surface area contributed by atoms with E-state index in [1.165, 1.54) is 14.0 Å². The Morgan fingerprint density at radius 2 is 1.47 bits per heavy atom. The van der Waals surface area contributed by atoms with Crippen LogP contribution in [0, 0.1) is 0 Å². The average Bonchev–Trinajstić information content (AvgIpc) is 2.89. The Hall–Kier alpha value is -4.07. The molecule has 0 aliphatic rings. The van der Waals surface area contributed by atoms with Crippen molar-refractivity contribution in [2.24, 2.45) is 11.5 Å². The summed E-state index contributed by atoms with van der Waals surface area (Å²) in [4.78, 5) is 21.3. The number of methoxy groups -OCH3 is 1. The molecule has 0 amide bonds. The minimum absolute atomic E-state index is 0.0910. The van der Waals surface area contributed by atoms with Crippen LogP contribution in [-0.2, 0) is 0 Å². The number of carbonyl (C=O) groups excluding carboxylic acids is 1. The van der Waals surface area contributed by atoms with Crippen molar-refractivity contribution >= 4 is 22.4 Å². The fourth-order valence-electron chi connectivity index (χ4n) is 3.53. The second kappa shape index (κ2) is 12.2. The number of pyridine rings is 2. The lowest BCUT2D eigenvalue weighted by atomic mass is 9.98. The topological polar surface area (TPSA) is 124 Å². The number of aliphatic hydroxyl groups is 1. The van der Waals surface area contributed by atoms with Gasteiger partial charge in [0.05, 0.1) is 18.2 Å². The zero-order valence-corrected chi connectivity index (χ0v) is 19.9. The van der Waals surface area contributed by atoms with E-state index in [1.807, 2.05) is 48.5 Å². The van der Waals surface area contributed by atoms with Crippen molar-refractivity contribution in [3.8, 4) is 28.1 Å². The summed E-state index contributed by atoms with van der Waals surface area (Å²) in [6, 6.07) is 17.7. The highest BCUT2D eigenvalue weighted by Crippen LogP contribution is 2.37. The molecule has 0 bridgehead atoms. The predicted molar refractivity (Wildman–Crippen MR) is 138 cm³/mol. The highest BCUT2D eigenvalue weighted by molar-refractivity contribution is 6.10. The SMILES string of the molecule is C=C(N)c1ccc(-c2ccc(-c3nc4ccncc4c(C(C)=O)c3OC)cc2)cc1.CN.CO. The molecule has 0 radical (unpaired) electrons. The van der Waals surface area contributed by atoms with Crippen molar-refractivity contribution in [1.82, 2.24) is 9.97 Å². The number of ether oxygens (including phenoxy) is 1. The van der Waals surface area contributed by atoms with Crippen LogP contribution in [0.1, 0.15) is 22.8 Å². The maximum absolute atomic E-state index is 12.4. The van der Waals surface area contributed by atoms with Gasteiger partial charge < -0.3 is 21.3 Å². The molecule has 0 fully saturated rings. The quantitative estimate of drug-likeness (QED) is 0.381. The summed E-state index contributed by atoms with van der Waals surface area (Å²) in [6.07, 6.45) is 3.31. The molecule has 0 spiro atoms. The van der Waals surface area contributed by atoms with Crippen LogP contribution in [0.25, 0.3) is 39.0 Å². The van der Waals surface area contributed by atoms with Crippen LogP contribution in [0.5, 0.6) is 5.75 Å². The van der Waals surface area contributed by atoms with Crippen molar-refractivity contribution in [2.75, 3.05) is 21.3 Å². The zero-order chi connectivity index (χ0) is 25.3. The molecule has 7 heteroatoms. The Kier molecular flexibility index (Phi) is 9.43. The number of nitrogens with zero attached hydrogens (tertiary/aromatic N) is 2. The summed E-state index contributed by atoms with van der Waals surface area (Å²) in [7, 11) is 4.05. The molecule has 0 saturated carbocycles. The lowest BCUT2D eigenvalue weighted by molar-refractivity contribution is 0.101. The van der Waals surface area contributed by atoms with Gasteiger partial charge in [-0.15, -0.1) is 0 Å². The van der Waals surface area contributed by atoms with Gasteiger partial charge in [0.15, 0.2) is 11.5 Å². The van der Waals surface area contributed by atoms with E-state index in [2.05, 4.69) is 17.3 Å². The Labute approximate surface area is 199 Å². The fourth-order valence-corrected chi connectivity index (χ4v) is 3.53. The van der Waals surface area contributed by atoms with Gasteiger partial charge in [0.25, 0.3) is 0 Å². The number of Topliss-reactive ketones (excluding diaryl/α,β-unsaturated/α-hetero) is 1. The third kappa shape index (κ3) is 5.46. The highest BCUT2D eigenvalue weighted by Gasteiger charge is 2.20. The average molecular weight is 459 g/mol. The van der Waals surface area contributed by atoms with E-state index in [4.69, 9.17) is 20.6 Å². The maximum Gasteiger partial charge on any atom is 0.164 e. The number of aromatic nitrogens is 2. The second-order valence-corrected chi connectivity index (χ2v) is 7.00. The standard InChI is InChI=1S/C25H21N3O2.CH5N.CH4O/c1-15(26)17-4-6-18(7-5-17)19-8-10-20(11-9-19)24-25(30-3)23(16(2)29)21-14-27-13-12-22(21)28-24;2*1-2/h4-14H,1,26H2,2-3H3;2H2,1H3;2H,1H3. The molecule has 5 N–H and O–H groups in total. The third-order valence-corrected chi connectivity index (χ3v) is 5.05. The first kappa shape index (κ1) is 26.2. The van der Waals surface area contributed by atoms with Gasteiger partial charge in [0.2, 0.25) is 0 Å². The largest absolute Gasteiger partial charge is 0.494 e. The summed E-state index contributed by atoms with van der Waals surface area (Å²) in [5, 5.41) is 7.68. The van der Waals surface area contributed by atoms with Gasteiger partial charge in [-0.25, -0.2) is 4.98 Å². The van der Waals surface area contributed by atoms with Crippen LogP contribution < -0.4 is 16.2 Å². The van der Waals surface area contributed by atoms with Crippen molar-refractivity contribution in [3.63, 3.8) is 0 Å². The number of aliphatic hydroxyl groups excluding tert-OH is 1. The normalized spacial score (nSPS) is 9.82. The van der Waals surface area contributed by atoms with E-state index >= 15 is 0 Å². The lowest BCUT2D eigenvalue weighted by Crippen LogP contribution is -2.03. The molecule has 7 nitrogen and oxygen atoms in total. The van der Waals surface area contributed by atoms with Gasteiger partial charge in [0, 0.05) is 36.2 Å². The Morgan fingerprint density at radius 3 is 1.97 bits per heavy atom. The number of hydrogen-bond donors (Lipinski definition) is 3. The van der Waals surface area contributed by atoms with Crippen molar-refractivity contribution < 1.29 is 14.6 Å². The van der Waals surface area contributed by atoms with Crippen molar-refractivity contribution in [1.29, 1.82) is 0 Å². The van der Waals surface area contributed by atoms with Crippen molar-refractivity contribution in [2.45, 2.75) is 6.92 Å². The van der Waals surface area contributed by atoms with E-state index in [9.17, 15) is 4.79 Å². The molecule has 2 aromatic carbocycles. The number of benzene rings is 2. The minimum Gasteiger partial charge on any atom is -0.494 e. The Bertz CT molecular complexity index is 1270. The number of nitrogens with two attached hydrogens (primary N) is 2. The minimum atomic E-state index is -0.0910. The molecule has 0 aliphatic carbocycles. The van der Waals surface area contributed by atoms with Gasteiger partial charge in [-0.1, -0.05) is 55.1 Å². The van der Waals surface area contributed by atoms with E-state index in [0.29, 0.717) is 33.6 Å². The molecule has 2 heterocycles. The number of hydrogen-bond acceptors (Lipinski definition) is 7. The summed E-state index contributed by atoms with van der Waals surface area (Å²) in [6.45, 7) is 5.29. The first-order valence-electron chi connectivity index (χ1n) is 10.5. The van der Waals surface area contributed by atoms with E-state index in [0.717, 1.165) is 29.4 Å². The number of ketones is 1. The zero-order valence-electron chi connectivity index (χ0n) is 19.9. The molecule has 34 heavy (non-hydrogen) atoms. The number of carbonyl (C=O) groups is 1. The van der Waals surface area contributed by atoms with Crippen LogP contribution in [0.15, 0.2) is 73.6 Å². The van der Waals surface area contributed by atoms with Gasteiger partial charge in [-0.05, 0) is 36.7 Å². The van der Waals surface area contributed by atoms with Crippen LogP contribution in [-0.4, -0.2) is 42.1 Å². The van der Waals surface area contributed by atoms with E-state index in [1.54, 1.807) is 25.6 Å². The number of fused-ring (bicyclic) bond motifs is 1. The monoisotopic (exact) mass is 458 g/mol. The van der Waals surface area contributed by atoms with Gasteiger partial charge in [0.1, 0.15) is 5.69 Å². The van der Waals surface area contributed by atoms with Gasteiger partial charge >= 0.3 is 0 Å². The van der Waals surface area contributed by atoms with Gasteiger partial charge in [-0.2, -0.15) is 0 Å². The molecule has 0 atom stereocenters. The molecular weight excluding hydrogens is 428 g/mol. The van der Waals surface area contributed by atoms with E-state index < -0.39 is 0 Å². The first-order chi connectivity index (χ1) is 16.5. The van der Waals surface area contributed by atoms with Gasteiger partial charge in [-0.3, -0.25) is 9.78 Å². The molecule has 0 saturated heterocycles. The molecule has 4 aromatic rings. The molecule has 176 valence electrons. The summed E-state index contributed by atoms with van der Waals surface area (Å²) < 4.78 is 5.62. The smallest absolute Gasteiger partial charge is 0.164 e. The molecular formula is C27H30N4O3. The molecule has 0 unspecified atom stereocenters. The van der Waals surface area contributed by atoms with Crippen molar-refractivity contribution in [3.05, 3.63) is 84.7 Å². The first-order valence-corrected chi connectivity index (χ1v) is 10.5. The second-order valence-electron chi connectivity index (χ2n) is 7.00. The summed E-state index contributed by atoms with van der Waals surface area (Å²) in [5.41, 5.74) is 16.5. The summed E-state index contributed by atoms with van der Waals surface area (Å²) >= 11 is 0. The van der Waals surface area contributed by atoms with Crippen LogP contribution in [0.4, 0.5) is 0 Å². The number of rotatable bonds is 5. The lowest BCUT2D eigenvalue weighted by Gasteiger charge is -2.14. The van der Waals surface area contributed by atoms with Crippen LogP contribution in [0.3, 0.4) is 0 Å². The molecule has 4 rings (SSSR count). The van der Waals surface area contributed by atoms with E-state index in [-0.39, 0.29) is 5.78 Å². The highest BCUT2D eigenvalue weighted by atomic mass is 16.5. The summed E-state index contributed by atoms with van der Waals surface area (Å²) in [5.74, 6) is 0.369. The Balaban J connectivity index is 0.000000970. The molecule has 2 aromatic heterocycles. The molecule has 0 aliphatic heterocycles. The Morgan fingerprint density at radius 1 is 0.941 bits per heavy atom. The maximum atomic E-state index is 12.4. The fraction of sp³-hybridized carbons (Fsp3) is 0.148. The predicted octanol–water partition coefficient (Wildman–Crippen LogP) is 4.29. The van der Waals surface area contributed by atoms with Crippen LogP contribution >= 0.6 is 0 Å². The third-order valence-electron chi connectivity index (χ3n) is 5.05.